The van der Waals surface area contributed by atoms with Crippen molar-refractivity contribution in [2.24, 2.45) is 0 Å². The molecule has 3 N–H and O–H groups in total. The topological polar surface area (TPSA) is 105 Å². The van der Waals surface area contributed by atoms with E-state index in [-0.39, 0.29) is 19.1 Å². The van der Waals surface area contributed by atoms with Crippen LogP contribution >= 0.6 is 7.82 Å². The number of hydrogen-bond acceptors (Lipinski definition) is 5. The lowest BCUT2D eigenvalue weighted by Crippen LogP contribution is -2.45. The van der Waals surface area contributed by atoms with E-state index in [9.17, 15) is 19.4 Å². The molecule has 0 rings (SSSR count). The molecule has 0 saturated carbocycles. The summed E-state index contributed by atoms with van der Waals surface area (Å²) in [6.45, 7) is 4.81. The highest BCUT2D eigenvalue weighted by atomic mass is 31.2. The smallest absolute Gasteiger partial charge is 0.387 e. The molecule has 388 valence electrons. The van der Waals surface area contributed by atoms with E-state index < -0.39 is 20.0 Å². The third kappa shape index (κ3) is 50.3. The van der Waals surface area contributed by atoms with Crippen molar-refractivity contribution in [2.45, 2.75) is 270 Å². The Bertz CT molecular complexity index is 1210. The Morgan fingerprint density at radius 2 is 0.833 bits per heavy atom. The molecule has 1 amide bonds. The highest BCUT2D eigenvalue weighted by Gasteiger charge is 2.27. The number of aliphatic hydroxyl groups is 1. The zero-order valence-corrected chi connectivity index (χ0v) is 45.1. The van der Waals surface area contributed by atoms with Gasteiger partial charge in [-0.25, -0.2) is 4.57 Å². The molecule has 0 radical (unpaired) electrons. The highest BCUT2D eigenvalue weighted by Crippen LogP contribution is 2.43. The normalized spacial score (nSPS) is 14.3. The number of amides is 1. The number of phosphoric ester groups is 1. The summed E-state index contributed by atoms with van der Waals surface area (Å²) >= 11 is 0. The van der Waals surface area contributed by atoms with Crippen molar-refractivity contribution >= 4 is 13.7 Å². The van der Waals surface area contributed by atoms with Crippen molar-refractivity contribution < 1.29 is 32.9 Å². The molecule has 0 fully saturated rings. The Morgan fingerprint density at radius 1 is 0.500 bits per heavy atom. The van der Waals surface area contributed by atoms with Crippen LogP contribution in [0.15, 0.2) is 48.6 Å². The van der Waals surface area contributed by atoms with E-state index in [1.165, 1.54) is 193 Å². The van der Waals surface area contributed by atoms with Gasteiger partial charge < -0.3 is 19.8 Å². The van der Waals surface area contributed by atoms with Crippen LogP contribution < -0.4 is 5.32 Å². The average molecular weight is 950 g/mol. The largest absolute Gasteiger partial charge is 0.472 e. The van der Waals surface area contributed by atoms with Gasteiger partial charge in [0.05, 0.1) is 39.9 Å². The van der Waals surface area contributed by atoms with Crippen molar-refractivity contribution in [2.75, 3.05) is 40.9 Å². The number of quaternary nitrogens is 1. The van der Waals surface area contributed by atoms with Crippen LogP contribution in [0.2, 0.25) is 0 Å². The fourth-order valence-electron chi connectivity index (χ4n) is 8.07. The number of aliphatic hydroxyl groups excluding tert-OH is 1. The summed E-state index contributed by atoms with van der Waals surface area (Å²) in [6.07, 6.45) is 63.5. The monoisotopic (exact) mass is 950 g/mol. The quantitative estimate of drug-likeness (QED) is 0.0243. The summed E-state index contributed by atoms with van der Waals surface area (Å²) in [5.74, 6) is -0.194. The second-order valence-electron chi connectivity index (χ2n) is 20.3. The molecule has 0 aromatic heterocycles. The number of carbonyl (C=O) groups is 1. The SMILES string of the molecule is CCCCCCCCCCCCC/C=C/CC/C=C/CC/C=C/C(O)C(COP(=O)(O)OCC[N+](C)(C)C)NC(=O)CCCCCCCCC/C=C\CCCCCCCCCCCCCC. The molecule has 3 atom stereocenters. The Hall–Kier alpha value is -1.54. The van der Waals surface area contributed by atoms with Gasteiger partial charge in [0.15, 0.2) is 0 Å². The number of hydrogen-bond donors (Lipinski definition) is 3. The summed E-state index contributed by atoms with van der Waals surface area (Å²) < 4.78 is 23.7. The van der Waals surface area contributed by atoms with Gasteiger partial charge in [-0.15, -0.1) is 0 Å². The van der Waals surface area contributed by atoms with Crippen molar-refractivity contribution in [3.63, 3.8) is 0 Å². The van der Waals surface area contributed by atoms with Crippen LogP contribution in [0.4, 0.5) is 0 Å². The molecule has 0 bridgehead atoms. The third-order valence-corrected chi connectivity index (χ3v) is 13.5. The van der Waals surface area contributed by atoms with Crippen LogP contribution in [0.5, 0.6) is 0 Å². The molecule has 0 aromatic carbocycles. The number of nitrogens with one attached hydrogen (secondary N) is 1. The lowest BCUT2D eigenvalue weighted by atomic mass is 10.0. The number of allylic oxidation sites excluding steroid dienone is 7. The van der Waals surface area contributed by atoms with Crippen molar-refractivity contribution in [1.82, 2.24) is 5.32 Å². The molecule has 0 heterocycles. The maximum Gasteiger partial charge on any atom is 0.472 e. The number of rotatable bonds is 51. The second-order valence-corrected chi connectivity index (χ2v) is 21.7. The molecule has 0 spiro atoms. The molecule has 9 heteroatoms. The molecule has 66 heavy (non-hydrogen) atoms. The molecule has 0 aromatic rings. The van der Waals surface area contributed by atoms with E-state index in [1.54, 1.807) is 6.08 Å². The first kappa shape index (κ1) is 64.5. The van der Waals surface area contributed by atoms with Crippen LogP contribution in [0.3, 0.4) is 0 Å². The first-order valence-corrected chi connectivity index (χ1v) is 29.5. The highest BCUT2D eigenvalue weighted by molar-refractivity contribution is 7.47. The number of unbranched alkanes of at least 4 members (excludes halogenated alkanes) is 32. The molecular weight excluding hydrogens is 840 g/mol. The van der Waals surface area contributed by atoms with Crippen LogP contribution in [-0.4, -0.2) is 73.4 Å². The minimum atomic E-state index is -4.36. The van der Waals surface area contributed by atoms with Gasteiger partial charge in [0, 0.05) is 6.42 Å². The van der Waals surface area contributed by atoms with E-state index in [0.717, 1.165) is 44.9 Å². The first-order chi connectivity index (χ1) is 32.0. The lowest BCUT2D eigenvalue weighted by molar-refractivity contribution is -0.870. The predicted octanol–water partition coefficient (Wildman–Crippen LogP) is 16.8. The Labute approximate surface area is 409 Å². The number of phosphoric acid groups is 1. The van der Waals surface area contributed by atoms with Crippen LogP contribution in [0.25, 0.3) is 0 Å². The predicted molar refractivity (Wildman–Crippen MR) is 286 cm³/mol. The minimum Gasteiger partial charge on any atom is -0.387 e. The molecule has 0 aliphatic heterocycles. The molecule has 0 aliphatic carbocycles. The standard InChI is InChI=1S/C57H109N2O6P/c1-6-8-10-12-14-16-18-20-22-24-26-28-29-31-33-35-37-39-41-43-45-47-49-51-57(61)58-55(54-65-66(62,63)64-53-52-59(3,4)5)56(60)50-48-46-44-42-40-38-36-34-32-30-27-25-23-21-19-17-15-13-11-9-7-2/h31-34,40,42,48,50,55-56,60H,6-30,35-39,41,43-47,49,51-54H2,1-5H3,(H-,58,61,62,63)/p+1/b33-31-,34-32+,42-40+,50-48+. The molecule has 3 unspecified atom stereocenters. The van der Waals surface area contributed by atoms with Crippen molar-refractivity contribution in [3.05, 3.63) is 48.6 Å². The second kappa shape index (κ2) is 48.5. The summed E-state index contributed by atoms with van der Waals surface area (Å²) in [7, 11) is 1.55. The van der Waals surface area contributed by atoms with Crippen LogP contribution in [0.1, 0.15) is 258 Å². The van der Waals surface area contributed by atoms with Gasteiger partial charge in [-0.1, -0.05) is 229 Å². The Kier molecular flexibility index (Phi) is 47.4. The summed E-state index contributed by atoms with van der Waals surface area (Å²) in [4.78, 5) is 23.3. The number of nitrogens with zero attached hydrogens (tertiary/aromatic N) is 1. The Morgan fingerprint density at radius 3 is 1.21 bits per heavy atom. The van der Waals surface area contributed by atoms with E-state index in [0.29, 0.717) is 17.4 Å². The number of likely N-dealkylation sites (N-methyl/N-ethyl adjacent to an activating group) is 1. The van der Waals surface area contributed by atoms with Gasteiger partial charge in [-0.2, -0.15) is 0 Å². The van der Waals surface area contributed by atoms with Crippen LogP contribution in [0, 0.1) is 0 Å². The minimum absolute atomic E-state index is 0.0522. The molecular formula is C57H110N2O6P+. The molecule has 0 saturated heterocycles. The van der Waals surface area contributed by atoms with Gasteiger partial charge >= 0.3 is 7.82 Å². The van der Waals surface area contributed by atoms with Gasteiger partial charge in [0.25, 0.3) is 0 Å². The third-order valence-electron chi connectivity index (χ3n) is 12.5. The van der Waals surface area contributed by atoms with Gasteiger partial charge in [0.2, 0.25) is 5.91 Å². The molecule has 0 aliphatic rings. The van der Waals surface area contributed by atoms with Gasteiger partial charge in [-0.3, -0.25) is 13.8 Å². The van der Waals surface area contributed by atoms with E-state index in [1.807, 2.05) is 27.2 Å². The van der Waals surface area contributed by atoms with E-state index >= 15 is 0 Å². The fourth-order valence-corrected chi connectivity index (χ4v) is 8.81. The van der Waals surface area contributed by atoms with Gasteiger partial charge in [0.1, 0.15) is 13.2 Å². The molecule has 8 nitrogen and oxygen atoms in total. The Balaban J connectivity index is 4.32. The maximum absolute atomic E-state index is 13.0. The first-order valence-electron chi connectivity index (χ1n) is 28.0. The average Bonchev–Trinajstić information content (AvgIpc) is 3.28. The van der Waals surface area contributed by atoms with Gasteiger partial charge in [-0.05, 0) is 70.6 Å². The van der Waals surface area contributed by atoms with E-state index in [2.05, 4.69) is 55.6 Å². The zero-order valence-electron chi connectivity index (χ0n) is 44.2. The summed E-state index contributed by atoms with van der Waals surface area (Å²) in [5.41, 5.74) is 0. The maximum atomic E-state index is 13.0. The van der Waals surface area contributed by atoms with Crippen LogP contribution in [-0.2, 0) is 18.4 Å². The zero-order chi connectivity index (χ0) is 48.5. The summed E-state index contributed by atoms with van der Waals surface area (Å²) in [6, 6.07) is -0.873. The lowest BCUT2D eigenvalue weighted by Gasteiger charge is -2.25. The number of carbonyl (C=O) groups excluding carboxylic acids is 1. The van der Waals surface area contributed by atoms with Crippen molar-refractivity contribution in [3.8, 4) is 0 Å². The fraction of sp³-hybridized carbons (Fsp3) is 0.842. The van der Waals surface area contributed by atoms with E-state index in [4.69, 9.17) is 9.05 Å². The van der Waals surface area contributed by atoms with Crippen molar-refractivity contribution in [1.29, 1.82) is 0 Å². The summed E-state index contributed by atoms with van der Waals surface area (Å²) in [5, 5.41) is 13.9.